The largest absolute Gasteiger partial charge is 0.497 e. The van der Waals surface area contributed by atoms with Crippen molar-refractivity contribution in [2.45, 2.75) is 19.4 Å². The highest BCUT2D eigenvalue weighted by Crippen LogP contribution is 2.46. The van der Waals surface area contributed by atoms with E-state index in [4.69, 9.17) is 75.0 Å². The molecule has 0 spiro atoms. The lowest BCUT2D eigenvalue weighted by atomic mass is 10.1. The van der Waals surface area contributed by atoms with Gasteiger partial charge in [0.05, 0.1) is 44.3 Å². The Labute approximate surface area is 233 Å². The predicted molar refractivity (Wildman–Crippen MR) is 147 cm³/mol. The number of thiocarbonyl (C=S) groups is 1. The number of hydrogen-bond donors (Lipinski definition) is 2. The van der Waals surface area contributed by atoms with Gasteiger partial charge in [-0.2, -0.15) is 0 Å². The molecule has 1 aliphatic heterocycles. The third-order valence-electron chi connectivity index (χ3n) is 5.34. The first-order chi connectivity index (χ1) is 16.6. The van der Waals surface area contributed by atoms with Gasteiger partial charge in [0, 0.05) is 25.3 Å². The van der Waals surface area contributed by atoms with Crippen molar-refractivity contribution in [1.82, 2.24) is 9.80 Å². The zero-order valence-electron chi connectivity index (χ0n) is 18.6. The van der Waals surface area contributed by atoms with Crippen molar-refractivity contribution < 1.29 is 14.3 Å². The number of nitrogens with one attached hydrogen (secondary N) is 2. The summed E-state index contributed by atoms with van der Waals surface area (Å²) >= 11 is 36.4. The first kappa shape index (κ1) is 27.9. The van der Waals surface area contributed by atoms with Crippen LogP contribution in [-0.4, -0.2) is 59.5 Å². The van der Waals surface area contributed by atoms with E-state index in [9.17, 15) is 9.59 Å². The van der Waals surface area contributed by atoms with Crippen LogP contribution in [-0.2, 0) is 9.59 Å². The molecule has 1 atom stereocenters. The summed E-state index contributed by atoms with van der Waals surface area (Å²) in [5.74, 6) is 0.102. The van der Waals surface area contributed by atoms with E-state index in [1.54, 1.807) is 36.3 Å². The molecule has 0 aromatic heterocycles. The first-order valence-corrected chi connectivity index (χ1v) is 12.7. The maximum atomic E-state index is 13.0. The number of hydrogen-bond acceptors (Lipinski definition) is 5. The van der Waals surface area contributed by atoms with Crippen LogP contribution in [0.4, 0.5) is 11.4 Å². The number of nitrogens with zero attached hydrogens (tertiary/aromatic N) is 2. The third-order valence-corrected chi connectivity index (χ3v) is 8.07. The Balaban J connectivity index is 1.71. The molecule has 188 valence electrons. The smallest absolute Gasteiger partial charge is 0.252 e. The second-order valence-corrected chi connectivity index (χ2v) is 9.68. The molecule has 1 aliphatic rings. The van der Waals surface area contributed by atoms with Crippen molar-refractivity contribution in [1.29, 1.82) is 0 Å². The standard InChI is InChI=1S/C22H21Cl5N4O3S/c1-3-30-21(33)13(10-14(32)29-11-4-6-12(34-2)7-5-11)31(22(30)35)9-8-28-20-18(26)16(24)15(23)17(25)19(20)27/h4-7,13,28H,3,8-10H2,1-2H3,(H,29,32)/t13-/m0/s1. The Hall–Kier alpha value is -1.68. The lowest BCUT2D eigenvalue weighted by Crippen LogP contribution is -2.40. The van der Waals surface area contributed by atoms with Crippen LogP contribution in [0, 0.1) is 0 Å². The number of likely N-dealkylation sites (N-methyl/N-ethyl adjacent to an activating group) is 1. The minimum atomic E-state index is -0.758. The van der Waals surface area contributed by atoms with Gasteiger partial charge in [-0.1, -0.05) is 58.0 Å². The molecular weight excluding hydrogens is 578 g/mol. The normalized spacial score (nSPS) is 15.6. The molecule has 13 heteroatoms. The number of amides is 2. The van der Waals surface area contributed by atoms with E-state index < -0.39 is 6.04 Å². The molecule has 0 unspecified atom stereocenters. The average molecular weight is 599 g/mol. The van der Waals surface area contributed by atoms with Crippen LogP contribution < -0.4 is 15.4 Å². The Morgan fingerprint density at radius 1 is 1.03 bits per heavy atom. The summed E-state index contributed by atoms with van der Waals surface area (Å²) in [6.45, 7) is 2.76. The molecule has 0 aliphatic carbocycles. The minimum Gasteiger partial charge on any atom is -0.497 e. The summed E-state index contributed by atoms with van der Waals surface area (Å²) in [4.78, 5) is 28.9. The molecule has 1 fully saturated rings. The quantitative estimate of drug-likeness (QED) is 0.203. The second-order valence-electron chi connectivity index (χ2n) is 7.43. The maximum Gasteiger partial charge on any atom is 0.252 e. The summed E-state index contributed by atoms with van der Waals surface area (Å²) in [7, 11) is 1.56. The van der Waals surface area contributed by atoms with E-state index in [2.05, 4.69) is 10.6 Å². The molecule has 35 heavy (non-hydrogen) atoms. The molecule has 2 aromatic carbocycles. The van der Waals surface area contributed by atoms with Gasteiger partial charge in [-0.25, -0.2) is 0 Å². The Bertz CT molecular complexity index is 1120. The summed E-state index contributed by atoms with van der Waals surface area (Å²) in [6, 6.07) is 6.13. The number of methoxy groups -OCH3 is 1. The van der Waals surface area contributed by atoms with Crippen LogP contribution in [0.1, 0.15) is 13.3 Å². The third kappa shape index (κ3) is 6.01. The van der Waals surface area contributed by atoms with E-state index in [1.165, 1.54) is 4.90 Å². The number of rotatable bonds is 9. The van der Waals surface area contributed by atoms with Crippen LogP contribution in [0.5, 0.6) is 5.75 Å². The number of anilines is 2. The number of ether oxygens (including phenoxy) is 1. The lowest BCUT2D eigenvalue weighted by Gasteiger charge is -2.24. The van der Waals surface area contributed by atoms with Crippen molar-refractivity contribution in [3.8, 4) is 5.75 Å². The van der Waals surface area contributed by atoms with E-state index in [0.29, 0.717) is 28.8 Å². The monoisotopic (exact) mass is 596 g/mol. The molecule has 2 amide bonds. The molecule has 7 nitrogen and oxygen atoms in total. The van der Waals surface area contributed by atoms with Gasteiger partial charge in [0.15, 0.2) is 5.11 Å². The van der Waals surface area contributed by atoms with E-state index in [0.717, 1.165) is 0 Å². The lowest BCUT2D eigenvalue weighted by molar-refractivity contribution is -0.130. The highest BCUT2D eigenvalue weighted by Gasteiger charge is 2.42. The summed E-state index contributed by atoms with van der Waals surface area (Å²) in [6.07, 6.45) is -0.0817. The van der Waals surface area contributed by atoms with Crippen molar-refractivity contribution in [3.05, 3.63) is 49.4 Å². The van der Waals surface area contributed by atoms with E-state index in [-0.39, 0.29) is 56.4 Å². The van der Waals surface area contributed by atoms with Crippen LogP contribution >= 0.6 is 70.2 Å². The fourth-order valence-corrected chi connectivity index (χ4v) is 5.27. The van der Waals surface area contributed by atoms with Crippen LogP contribution in [0.25, 0.3) is 0 Å². The Morgan fingerprint density at radius 3 is 2.14 bits per heavy atom. The van der Waals surface area contributed by atoms with Crippen molar-refractivity contribution in [2.75, 3.05) is 37.4 Å². The van der Waals surface area contributed by atoms with Crippen molar-refractivity contribution in [2.24, 2.45) is 0 Å². The van der Waals surface area contributed by atoms with Crippen molar-refractivity contribution >= 4 is 98.5 Å². The van der Waals surface area contributed by atoms with Gasteiger partial charge >= 0.3 is 0 Å². The number of carbonyl (C=O) groups excluding carboxylic acids is 2. The fourth-order valence-electron chi connectivity index (χ4n) is 3.56. The van der Waals surface area contributed by atoms with Crippen LogP contribution in [0.3, 0.4) is 0 Å². The Kier molecular flexibility index (Phi) is 9.60. The van der Waals surface area contributed by atoms with Gasteiger partial charge in [-0.3, -0.25) is 14.5 Å². The van der Waals surface area contributed by atoms with Gasteiger partial charge in [-0.05, 0) is 43.4 Å². The Morgan fingerprint density at radius 2 is 1.60 bits per heavy atom. The van der Waals surface area contributed by atoms with Gasteiger partial charge in [0.2, 0.25) is 5.91 Å². The second kappa shape index (κ2) is 12.0. The van der Waals surface area contributed by atoms with Crippen LogP contribution in [0.15, 0.2) is 24.3 Å². The molecule has 3 rings (SSSR count). The van der Waals surface area contributed by atoms with Gasteiger partial charge in [-0.15, -0.1) is 0 Å². The molecule has 2 aromatic rings. The number of halogens is 5. The fraction of sp³-hybridized carbons (Fsp3) is 0.318. The van der Waals surface area contributed by atoms with E-state index >= 15 is 0 Å². The molecule has 0 radical (unpaired) electrons. The average Bonchev–Trinajstić information content (AvgIpc) is 3.07. The van der Waals surface area contributed by atoms with Gasteiger partial charge < -0.3 is 20.3 Å². The molecule has 0 bridgehead atoms. The SMILES string of the molecule is CCN1C(=O)[C@H](CC(=O)Nc2ccc(OC)cc2)N(CCNc2c(Cl)c(Cl)c(Cl)c(Cl)c2Cl)C1=S. The zero-order valence-corrected chi connectivity index (χ0v) is 23.2. The maximum absolute atomic E-state index is 13.0. The molecule has 1 saturated heterocycles. The zero-order chi connectivity index (χ0) is 25.9. The van der Waals surface area contributed by atoms with Gasteiger partial charge in [0.1, 0.15) is 11.8 Å². The summed E-state index contributed by atoms with van der Waals surface area (Å²) < 4.78 is 5.12. The van der Waals surface area contributed by atoms with Crippen LogP contribution in [0.2, 0.25) is 25.1 Å². The molecule has 1 heterocycles. The summed E-state index contributed by atoms with van der Waals surface area (Å²) in [5.41, 5.74) is 0.899. The van der Waals surface area contributed by atoms with Crippen molar-refractivity contribution in [3.63, 3.8) is 0 Å². The van der Waals surface area contributed by atoms with Gasteiger partial charge in [0.25, 0.3) is 5.91 Å². The topological polar surface area (TPSA) is 73.9 Å². The molecule has 2 N–H and O–H groups in total. The predicted octanol–water partition coefficient (Wildman–Crippen LogP) is 6.22. The molecule has 0 saturated carbocycles. The first-order valence-electron chi connectivity index (χ1n) is 10.4. The molecular formula is C22H21Cl5N4O3S. The number of benzene rings is 2. The summed E-state index contributed by atoms with van der Waals surface area (Å²) in [5, 5.41) is 6.65. The highest BCUT2D eigenvalue weighted by atomic mass is 35.5. The number of carbonyl (C=O) groups is 2. The van der Waals surface area contributed by atoms with E-state index in [1.807, 2.05) is 6.92 Å². The highest BCUT2D eigenvalue weighted by molar-refractivity contribution is 7.80. The minimum absolute atomic E-state index is 0.0572.